The molecule has 5 heteroatoms. The van der Waals surface area contributed by atoms with Gasteiger partial charge in [-0.15, -0.1) is 0 Å². The molecule has 5 rings (SSSR count). The lowest BCUT2D eigenvalue weighted by molar-refractivity contribution is 0.0610. The molecule has 3 aliphatic heterocycles. The number of carbonyl (C=O) groups excluding carboxylic acids is 2. The Morgan fingerprint density at radius 1 is 0.889 bits per heavy atom. The van der Waals surface area contributed by atoms with Gasteiger partial charge in [0.15, 0.2) is 0 Å². The lowest BCUT2D eigenvalue weighted by Crippen LogP contribution is -2.47. The van der Waals surface area contributed by atoms with Gasteiger partial charge in [0.05, 0.1) is 6.04 Å². The maximum absolute atomic E-state index is 12.8. The summed E-state index contributed by atoms with van der Waals surface area (Å²) in [5.41, 5.74) is 1.68. The van der Waals surface area contributed by atoms with Crippen LogP contribution < -0.4 is 0 Å². The van der Waals surface area contributed by atoms with E-state index in [1.165, 1.54) is 0 Å². The van der Waals surface area contributed by atoms with Crippen LogP contribution in [0.15, 0.2) is 60.7 Å². The Kier molecular flexibility index (Phi) is 5.10. The van der Waals surface area contributed by atoms with Crippen molar-refractivity contribution in [3.63, 3.8) is 0 Å². The van der Waals surface area contributed by atoms with Crippen molar-refractivity contribution in [2.24, 2.45) is 5.92 Å². The third-order valence-electron chi connectivity index (χ3n) is 5.46. The van der Waals surface area contributed by atoms with E-state index < -0.39 is 0 Å². The lowest BCUT2D eigenvalue weighted by Gasteiger charge is -2.35. The van der Waals surface area contributed by atoms with Crippen molar-refractivity contribution in [2.45, 2.75) is 25.5 Å². The molecule has 2 amide bonds. The molecule has 0 aromatic heterocycles. The molecule has 2 aromatic carbocycles. The maximum atomic E-state index is 12.8. The summed E-state index contributed by atoms with van der Waals surface area (Å²) in [7, 11) is 0. The summed E-state index contributed by atoms with van der Waals surface area (Å²) in [4.78, 5) is 29.2. The second-order valence-electron chi connectivity index (χ2n) is 7.37. The van der Waals surface area contributed by atoms with Crippen LogP contribution in [0.3, 0.4) is 0 Å². The molecule has 0 unspecified atom stereocenters. The van der Waals surface area contributed by atoms with E-state index in [0.29, 0.717) is 31.1 Å². The molecule has 3 fully saturated rings. The predicted octanol–water partition coefficient (Wildman–Crippen LogP) is 3.56. The molecule has 27 heavy (non-hydrogen) atoms. The minimum absolute atomic E-state index is 0.0275. The van der Waals surface area contributed by atoms with E-state index in [9.17, 15) is 9.59 Å². The Labute approximate surface area is 159 Å². The van der Waals surface area contributed by atoms with E-state index in [1.807, 2.05) is 70.5 Å². The minimum atomic E-state index is -0.275. The largest absolute Gasteiger partial charge is 0.445 e. The molecule has 3 saturated heterocycles. The van der Waals surface area contributed by atoms with Crippen molar-refractivity contribution < 1.29 is 14.3 Å². The summed E-state index contributed by atoms with van der Waals surface area (Å²) in [5.74, 6) is 0.354. The van der Waals surface area contributed by atoms with E-state index in [4.69, 9.17) is 4.74 Å². The van der Waals surface area contributed by atoms with Gasteiger partial charge < -0.3 is 14.5 Å². The number of amides is 2. The Morgan fingerprint density at radius 3 is 2.33 bits per heavy atom. The summed E-state index contributed by atoms with van der Waals surface area (Å²) in [5, 5.41) is 0. The molecule has 0 aliphatic carbocycles. The van der Waals surface area contributed by atoms with E-state index in [2.05, 4.69) is 0 Å². The fourth-order valence-corrected chi connectivity index (χ4v) is 4.04. The molecule has 0 spiro atoms. The molecular weight excluding hydrogens is 340 g/mol. The van der Waals surface area contributed by atoms with Gasteiger partial charge in [-0.05, 0) is 36.5 Å². The fourth-order valence-electron chi connectivity index (χ4n) is 4.04. The van der Waals surface area contributed by atoms with Gasteiger partial charge in [-0.2, -0.15) is 0 Å². The zero-order chi connectivity index (χ0) is 18.6. The van der Waals surface area contributed by atoms with E-state index in [1.54, 1.807) is 0 Å². The molecule has 0 saturated carbocycles. The summed E-state index contributed by atoms with van der Waals surface area (Å²) >= 11 is 0. The Balaban J connectivity index is 1.42. The number of benzene rings is 2. The number of carbonyl (C=O) groups is 2. The number of piperidine rings is 1. The van der Waals surface area contributed by atoms with Gasteiger partial charge in [0.2, 0.25) is 0 Å². The molecule has 5 nitrogen and oxygen atoms in total. The molecule has 2 bridgehead atoms. The van der Waals surface area contributed by atoms with Gasteiger partial charge in [-0.25, -0.2) is 4.79 Å². The second kappa shape index (κ2) is 7.82. The minimum Gasteiger partial charge on any atom is -0.445 e. The highest BCUT2D eigenvalue weighted by atomic mass is 16.6. The summed E-state index contributed by atoms with van der Waals surface area (Å²) in [6, 6.07) is 19.1. The zero-order valence-electron chi connectivity index (χ0n) is 15.3. The summed E-state index contributed by atoms with van der Waals surface area (Å²) in [6.45, 7) is 2.22. The Hall–Kier alpha value is -2.82. The number of hydrogen-bond acceptors (Lipinski definition) is 3. The van der Waals surface area contributed by atoms with Crippen molar-refractivity contribution in [3.05, 3.63) is 71.8 Å². The van der Waals surface area contributed by atoms with E-state index >= 15 is 0 Å². The first kappa shape index (κ1) is 17.6. The van der Waals surface area contributed by atoms with E-state index in [0.717, 1.165) is 18.4 Å². The molecule has 0 radical (unpaired) electrons. The first-order chi connectivity index (χ1) is 13.2. The van der Waals surface area contributed by atoms with Crippen LogP contribution in [0.1, 0.15) is 28.8 Å². The van der Waals surface area contributed by atoms with Gasteiger partial charge in [0.1, 0.15) is 6.61 Å². The van der Waals surface area contributed by atoms with Crippen LogP contribution in [0.5, 0.6) is 0 Å². The van der Waals surface area contributed by atoms with Gasteiger partial charge in [-0.1, -0.05) is 48.5 Å². The molecule has 3 heterocycles. The standard InChI is InChI=1S/C22H24N2O3/c25-21(19-9-5-2-6-10-19)23-13-18-11-12-20(15-23)24(14-18)22(26)27-16-17-7-3-1-4-8-17/h1-10,18,20H,11-16H2/t18-,20+/m0/s1. The Bertz CT molecular complexity index is 794. The van der Waals surface area contributed by atoms with Crippen LogP contribution in [0.25, 0.3) is 0 Å². The lowest BCUT2D eigenvalue weighted by atomic mass is 9.95. The summed E-state index contributed by atoms with van der Waals surface area (Å²) in [6.07, 6.45) is 1.69. The number of hydrogen-bond donors (Lipinski definition) is 0. The predicted molar refractivity (Wildman–Crippen MR) is 102 cm³/mol. The maximum Gasteiger partial charge on any atom is 0.410 e. The van der Waals surface area contributed by atoms with Gasteiger partial charge >= 0.3 is 6.09 Å². The van der Waals surface area contributed by atoms with Crippen LogP contribution in [-0.2, 0) is 11.3 Å². The molecule has 2 atom stereocenters. The van der Waals surface area contributed by atoms with Crippen molar-refractivity contribution >= 4 is 12.0 Å². The smallest absolute Gasteiger partial charge is 0.410 e. The fraction of sp³-hybridized carbons (Fsp3) is 0.364. The monoisotopic (exact) mass is 364 g/mol. The average molecular weight is 364 g/mol. The zero-order valence-corrected chi connectivity index (χ0v) is 15.3. The highest BCUT2D eigenvalue weighted by Gasteiger charge is 2.39. The second-order valence-corrected chi connectivity index (χ2v) is 7.37. The van der Waals surface area contributed by atoms with Crippen molar-refractivity contribution in [1.82, 2.24) is 9.80 Å². The number of nitrogens with zero attached hydrogens (tertiary/aromatic N) is 2. The normalized spacial score (nSPS) is 21.6. The van der Waals surface area contributed by atoms with Crippen LogP contribution in [0, 0.1) is 5.92 Å². The number of fused-ring (bicyclic) bond motifs is 4. The van der Waals surface area contributed by atoms with Gasteiger partial charge in [0, 0.05) is 25.2 Å². The SMILES string of the molecule is O=C(c1ccccc1)N1C[C@@H]2CC[C@H](C1)N(C(=O)OCc1ccccc1)C2. The quantitative estimate of drug-likeness (QED) is 0.837. The molecule has 3 aliphatic rings. The van der Waals surface area contributed by atoms with Crippen molar-refractivity contribution in [1.29, 1.82) is 0 Å². The molecular formula is C22H24N2O3. The third-order valence-corrected chi connectivity index (χ3v) is 5.46. The molecule has 0 N–H and O–H groups in total. The van der Waals surface area contributed by atoms with Crippen LogP contribution >= 0.6 is 0 Å². The first-order valence-corrected chi connectivity index (χ1v) is 9.52. The summed E-state index contributed by atoms with van der Waals surface area (Å²) < 4.78 is 5.54. The van der Waals surface area contributed by atoms with Crippen LogP contribution in [-0.4, -0.2) is 47.5 Å². The Morgan fingerprint density at radius 2 is 1.59 bits per heavy atom. The molecule has 2 aromatic rings. The number of ether oxygens (including phenoxy) is 1. The first-order valence-electron chi connectivity index (χ1n) is 9.52. The van der Waals surface area contributed by atoms with Crippen LogP contribution in [0.2, 0.25) is 0 Å². The van der Waals surface area contributed by atoms with Crippen LogP contribution in [0.4, 0.5) is 4.79 Å². The number of rotatable bonds is 3. The average Bonchev–Trinajstić information content (AvgIpc) is 3.05. The molecule has 140 valence electrons. The van der Waals surface area contributed by atoms with Gasteiger partial charge in [-0.3, -0.25) is 4.79 Å². The van der Waals surface area contributed by atoms with Crippen molar-refractivity contribution in [2.75, 3.05) is 19.6 Å². The van der Waals surface area contributed by atoms with E-state index in [-0.39, 0.29) is 24.6 Å². The third kappa shape index (κ3) is 3.97. The highest BCUT2D eigenvalue weighted by Crippen LogP contribution is 2.29. The van der Waals surface area contributed by atoms with Crippen molar-refractivity contribution in [3.8, 4) is 0 Å². The van der Waals surface area contributed by atoms with Gasteiger partial charge in [0.25, 0.3) is 5.91 Å². The highest BCUT2D eigenvalue weighted by molar-refractivity contribution is 5.94. The topological polar surface area (TPSA) is 49.9 Å².